The van der Waals surface area contributed by atoms with E-state index in [1.807, 2.05) is 18.2 Å². The van der Waals surface area contributed by atoms with Crippen molar-refractivity contribution in [3.05, 3.63) is 24.3 Å². The lowest BCUT2D eigenvalue weighted by Crippen LogP contribution is -2.28. The highest BCUT2D eigenvalue weighted by molar-refractivity contribution is 7.80. The minimum atomic E-state index is 0.0626. The first-order chi connectivity index (χ1) is 8.66. The summed E-state index contributed by atoms with van der Waals surface area (Å²) in [5, 5.41) is 2.89. The van der Waals surface area contributed by atoms with E-state index in [4.69, 9.17) is 22.7 Å². The lowest BCUT2D eigenvalue weighted by Gasteiger charge is -2.24. The number of benzene rings is 1. The van der Waals surface area contributed by atoms with Gasteiger partial charge in [-0.05, 0) is 25.0 Å². The molecule has 5 heteroatoms. The number of thiocarbonyl (C=S) groups is 1. The molecule has 0 aliphatic heterocycles. The van der Waals surface area contributed by atoms with E-state index in [2.05, 4.69) is 5.32 Å². The largest absolute Gasteiger partial charge is 0.484 e. The van der Waals surface area contributed by atoms with Crippen LogP contribution in [-0.2, 0) is 4.79 Å². The lowest BCUT2D eigenvalue weighted by molar-refractivity contribution is -0.122. The zero-order valence-corrected chi connectivity index (χ0v) is 10.8. The molecule has 0 atom stereocenters. The second-order valence-electron chi connectivity index (χ2n) is 4.37. The summed E-state index contributed by atoms with van der Waals surface area (Å²) in [6, 6.07) is 7.29. The molecule has 0 bridgehead atoms. The molecule has 0 heterocycles. The number of carbonyl (C=O) groups is 1. The summed E-state index contributed by atoms with van der Waals surface area (Å²) in [7, 11) is 0. The fourth-order valence-electron chi connectivity index (χ4n) is 1.75. The van der Waals surface area contributed by atoms with Gasteiger partial charge in [0.25, 0.3) is 0 Å². The van der Waals surface area contributed by atoms with Crippen LogP contribution in [-0.4, -0.2) is 17.5 Å². The maximum Gasteiger partial charge on any atom is 0.227 e. The van der Waals surface area contributed by atoms with Crippen LogP contribution in [0.5, 0.6) is 5.75 Å². The van der Waals surface area contributed by atoms with Crippen LogP contribution in [0.3, 0.4) is 0 Å². The van der Waals surface area contributed by atoms with Crippen LogP contribution in [0.4, 0.5) is 5.69 Å². The van der Waals surface area contributed by atoms with Crippen molar-refractivity contribution in [3.8, 4) is 5.75 Å². The van der Waals surface area contributed by atoms with Crippen LogP contribution < -0.4 is 15.8 Å². The number of hydrogen-bond acceptors (Lipinski definition) is 3. The molecule has 1 aliphatic rings. The molecule has 0 unspecified atom stereocenters. The first-order valence-electron chi connectivity index (χ1n) is 5.98. The molecule has 0 saturated heterocycles. The standard InChI is InChI=1S/C13H16N2O2S/c14-12(18)8-17-11-7-2-1-6-10(11)15-13(16)9-4-3-5-9/h1-2,6-7,9H,3-5,8H2,(H2,14,18)(H,15,16). The fourth-order valence-corrected chi connectivity index (χ4v) is 1.81. The van der Waals surface area contributed by atoms with Crippen molar-refractivity contribution in [2.75, 3.05) is 11.9 Å². The van der Waals surface area contributed by atoms with Crippen LogP contribution >= 0.6 is 12.2 Å². The van der Waals surface area contributed by atoms with Crippen molar-refractivity contribution in [1.82, 2.24) is 0 Å². The fraction of sp³-hybridized carbons (Fsp3) is 0.385. The second kappa shape index (κ2) is 5.82. The van der Waals surface area contributed by atoms with Gasteiger partial charge < -0.3 is 15.8 Å². The Morgan fingerprint density at radius 2 is 2.17 bits per heavy atom. The Bertz CT molecular complexity index is 458. The van der Waals surface area contributed by atoms with E-state index in [1.165, 1.54) is 0 Å². The summed E-state index contributed by atoms with van der Waals surface area (Å²) < 4.78 is 5.45. The van der Waals surface area contributed by atoms with Crippen LogP contribution in [0.15, 0.2) is 24.3 Å². The first kappa shape index (κ1) is 12.8. The number of anilines is 1. The highest BCUT2D eigenvalue weighted by atomic mass is 32.1. The summed E-state index contributed by atoms with van der Waals surface area (Å²) >= 11 is 4.76. The van der Waals surface area contributed by atoms with Gasteiger partial charge in [-0.1, -0.05) is 30.8 Å². The zero-order chi connectivity index (χ0) is 13.0. The third-order valence-corrected chi connectivity index (χ3v) is 3.11. The number of nitrogens with one attached hydrogen (secondary N) is 1. The molecule has 0 aromatic heterocycles. The third kappa shape index (κ3) is 3.20. The highest BCUT2D eigenvalue weighted by Gasteiger charge is 2.25. The van der Waals surface area contributed by atoms with Gasteiger partial charge in [0.05, 0.1) is 5.69 Å². The molecule has 1 aliphatic carbocycles. The SMILES string of the molecule is NC(=S)COc1ccccc1NC(=O)C1CCC1. The molecule has 1 aromatic carbocycles. The van der Waals surface area contributed by atoms with Gasteiger partial charge in [0.15, 0.2) is 0 Å². The van der Waals surface area contributed by atoms with Gasteiger partial charge in [-0.2, -0.15) is 0 Å². The Morgan fingerprint density at radius 3 is 2.78 bits per heavy atom. The van der Waals surface area contributed by atoms with Gasteiger partial charge in [0, 0.05) is 5.92 Å². The molecule has 1 aromatic rings. The summed E-state index contributed by atoms with van der Waals surface area (Å²) in [5.74, 6) is 0.805. The van der Waals surface area contributed by atoms with E-state index >= 15 is 0 Å². The Labute approximate surface area is 112 Å². The van der Waals surface area contributed by atoms with Gasteiger partial charge in [-0.25, -0.2) is 0 Å². The smallest absolute Gasteiger partial charge is 0.227 e. The first-order valence-corrected chi connectivity index (χ1v) is 6.38. The molecule has 18 heavy (non-hydrogen) atoms. The summed E-state index contributed by atoms with van der Waals surface area (Å²) in [4.78, 5) is 12.2. The van der Waals surface area contributed by atoms with Crippen molar-refractivity contribution >= 4 is 28.8 Å². The number of hydrogen-bond donors (Lipinski definition) is 2. The predicted octanol–water partition coefficient (Wildman–Crippen LogP) is 2.09. The number of rotatable bonds is 5. The normalized spacial score (nSPS) is 14.7. The van der Waals surface area contributed by atoms with E-state index in [9.17, 15) is 4.79 Å². The average molecular weight is 264 g/mol. The van der Waals surface area contributed by atoms with E-state index in [-0.39, 0.29) is 23.4 Å². The molecule has 4 nitrogen and oxygen atoms in total. The van der Waals surface area contributed by atoms with Gasteiger partial charge in [0.1, 0.15) is 17.3 Å². The van der Waals surface area contributed by atoms with Crippen LogP contribution in [0.1, 0.15) is 19.3 Å². The van der Waals surface area contributed by atoms with Gasteiger partial charge >= 0.3 is 0 Å². The predicted molar refractivity (Wildman–Crippen MR) is 74.7 cm³/mol. The number of nitrogens with two attached hydrogens (primary N) is 1. The van der Waals surface area contributed by atoms with Crippen LogP contribution in [0, 0.1) is 5.92 Å². The van der Waals surface area contributed by atoms with Crippen LogP contribution in [0.2, 0.25) is 0 Å². The molecule has 1 fully saturated rings. The Morgan fingerprint density at radius 1 is 1.44 bits per heavy atom. The molecule has 96 valence electrons. The topological polar surface area (TPSA) is 64.3 Å². The second-order valence-corrected chi connectivity index (χ2v) is 4.89. The van der Waals surface area contributed by atoms with Gasteiger partial charge in [-0.15, -0.1) is 0 Å². The van der Waals surface area contributed by atoms with Crippen molar-refractivity contribution in [3.63, 3.8) is 0 Å². The lowest BCUT2D eigenvalue weighted by atomic mass is 9.85. The van der Waals surface area contributed by atoms with Crippen molar-refractivity contribution < 1.29 is 9.53 Å². The molecule has 0 spiro atoms. The monoisotopic (exact) mass is 264 g/mol. The number of para-hydroxylation sites is 2. The number of amides is 1. The summed E-state index contributed by atoms with van der Waals surface area (Å²) in [5.41, 5.74) is 6.06. The van der Waals surface area contributed by atoms with E-state index < -0.39 is 0 Å². The van der Waals surface area contributed by atoms with Gasteiger partial charge in [-0.3, -0.25) is 4.79 Å². The minimum Gasteiger partial charge on any atom is -0.484 e. The quantitative estimate of drug-likeness (QED) is 0.799. The Balaban J connectivity index is 2.01. The summed E-state index contributed by atoms with van der Waals surface area (Å²) in [6.07, 6.45) is 3.08. The van der Waals surface area contributed by atoms with E-state index in [0.717, 1.165) is 19.3 Å². The molecule has 0 radical (unpaired) electrons. The van der Waals surface area contributed by atoms with Gasteiger partial charge in [0.2, 0.25) is 5.91 Å². The van der Waals surface area contributed by atoms with E-state index in [0.29, 0.717) is 11.4 Å². The minimum absolute atomic E-state index is 0.0626. The Kier molecular flexibility index (Phi) is 4.15. The highest BCUT2D eigenvalue weighted by Crippen LogP contribution is 2.30. The molecule has 2 rings (SSSR count). The third-order valence-electron chi connectivity index (χ3n) is 2.99. The van der Waals surface area contributed by atoms with E-state index in [1.54, 1.807) is 6.07 Å². The molecular formula is C13H16N2O2S. The maximum absolute atomic E-state index is 11.9. The average Bonchev–Trinajstić information content (AvgIpc) is 2.25. The van der Waals surface area contributed by atoms with Crippen molar-refractivity contribution in [2.24, 2.45) is 11.7 Å². The Hall–Kier alpha value is -1.62. The van der Waals surface area contributed by atoms with Crippen LogP contribution in [0.25, 0.3) is 0 Å². The molecular weight excluding hydrogens is 248 g/mol. The molecule has 3 N–H and O–H groups in total. The zero-order valence-electron chi connectivity index (χ0n) is 10.0. The maximum atomic E-state index is 11.9. The summed E-state index contributed by atoms with van der Waals surface area (Å²) in [6.45, 7) is 0.172. The number of ether oxygens (including phenoxy) is 1. The van der Waals surface area contributed by atoms with Crippen molar-refractivity contribution in [1.29, 1.82) is 0 Å². The number of carbonyl (C=O) groups excluding carboxylic acids is 1. The van der Waals surface area contributed by atoms with Crippen molar-refractivity contribution in [2.45, 2.75) is 19.3 Å². The molecule has 1 saturated carbocycles. The molecule has 1 amide bonds.